The van der Waals surface area contributed by atoms with Crippen LogP contribution in [-0.2, 0) is 16.0 Å². The van der Waals surface area contributed by atoms with E-state index in [-0.39, 0.29) is 28.5 Å². The highest BCUT2D eigenvalue weighted by atomic mass is 32.2. The van der Waals surface area contributed by atoms with Crippen LogP contribution in [0.3, 0.4) is 0 Å². The molecule has 0 spiro atoms. The van der Waals surface area contributed by atoms with Gasteiger partial charge in [0.1, 0.15) is 11.4 Å². The van der Waals surface area contributed by atoms with Gasteiger partial charge in [-0.1, -0.05) is 13.0 Å². The predicted molar refractivity (Wildman–Crippen MR) is 100 cm³/mol. The second-order valence-corrected chi connectivity index (χ2v) is 8.81. The highest BCUT2D eigenvalue weighted by molar-refractivity contribution is 7.91. The number of hydrogen-bond acceptors (Lipinski definition) is 6. The van der Waals surface area contributed by atoms with Crippen LogP contribution in [0.5, 0.6) is 0 Å². The highest BCUT2D eigenvalue weighted by Gasteiger charge is 2.36. The zero-order valence-electron chi connectivity index (χ0n) is 15.3. The van der Waals surface area contributed by atoms with E-state index in [0.29, 0.717) is 12.1 Å². The summed E-state index contributed by atoms with van der Waals surface area (Å²) in [6, 6.07) is 6.03. The zero-order chi connectivity index (χ0) is 20.4. The fourth-order valence-electron chi connectivity index (χ4n) is 2.79. The van der Waals surface area contributed by atoms with Gasteiger partial charge in [-0.25, -0.2) is 13.4 Å². The molecule has 0 aliphatic heterocycles. The van der Waals surface area contributed by atoms with Gasteiger partial charge in [-0.3, -0.25) is 0 Å². The van der Waals surface area contributed by atoms with E-state index >= 15 is 0 Å². The van der Waals surface area contributed by atoms with Crippen LogP contribution < -0.4 is 10.6 Å². The average molecular weight is 414 g/mol. The van der Waals surface area contributed by atoms with Crippen LogP contribution in [0.2, 0.25) is 0 Å². The number of nitrogens with zero attached hydrogens (tertiary/aromatic N) is 2. The maximum atomic E-state index is 13.2. The maximum absolute atomic E-state index is 13.2. The normalized spacial score (nSPS) is 15.1. The van der Waals surface area contributed by atoms with Gasteiger partial charge >= 0.3 is 6.18 Å². The van der Waals surface area contributed by atoms with Gasteiger partial charge in [0, 0.05) is 17.9 Å². The van der Waals surface area contributed by atoms with Crippen molar-refractivity contribution in [2.45, 2.75) is 49.7 Å². The van der Waals surface area contributed by atoms with Gasteiger partial charge in [-0.2, -0.15) is 18.2 Å². The fraction of sp³-hybridized carbons (Fsp3) is 0.444. The van der Waals surface area contributed by atoms with Crippen molar-refractivity contribution in [2.24, 2.45) is 0 Å². The molecule has 0 radical (unpaired) electrons. The lowest BCUT2D eigenvalue weighted by atomic mass is 9.93. The van der Waals surface area contributed by atoms with Crippen LogP contribution in [0.1, 0.15) is 38.2 Å². The molecule has 1 aliphatic carbocycles. The number of hydrogen-bond donors (Lipinski definition) is 2. The Labute approximate surface area is 161 Å². The summed E-state index contributed by atoms with van der Waals surface area (Å²) >= 11 is 0. The van der Waals surface area contributed by atoms with Crippen LogP contribution in [-0.4, -0.2) is 30.2 Å². The Kier molecular flexibility index (Phi) is 5.78. The van der Waals surface area contributed by atoms with Crippen LogP contribution in [0.15, 0.2) is 35.4 Å². The molecular formula is C18H21F3N4O2S. The Morgan fingerprint density at radius 2 is 2.00 bits per heavy atom. The van der Waals surface area contributed by atoms with Crippen molar-refractivity contribution < 1.29 is 21.6 Å². The number of rotatable bonds is 7. The molecule has 2 aromatic rings. The van der Waals surface area contributed by atoms with E-state index in [1.54, 1.807) is 19.1 Å². The van der Waals surface area contributed by atoms with Crippen molar-refractivity contribution in [1.29, 1.82) is 0 Å². The minimum Gasteiger partial charge on any atom is -0.367 e. The van der Waals surface area contributed by atoms with Crippen LogP contribution in [0.25, 0.3) is 0 Å². The van der Waals surface area contributed by atoms with Gasteiger partial charge in [0.15, 0.2) is 9.84 Å². The molecule has 3 rings (SSSR count). The van der Waals surface area contributed by atoms with Crippen molar-refractivity contribution >= 4 is 27.3 Å². The van der Waals surface area contributed by atoms with Crippen LogP contribution in [0.4, 0.5) is 30.6 Å². The molecule has 2 N–H and O–H groups in total. The average Bonchev–Trinajstić information content (AvgIpc) is 2.57. The summed E-state index contributed by atoms with van der Waals surface area (Å²) in [7, 11) is -3.41. The number of anilines is 3. The second-order valence-electron chi connectivity index (χ2n) is 6.70. The summed E-state index contributed by atoms with van der Waals surface area (Å²) < 4.78 is 64.1. The zero-order valence-corrected chi connectivity index (χ0v) is 16.1. The Balaban J connectivity index is 1.87. The number of aromatic nitrogens is 2. The van der Waals surface area contributed by atoms with E-state index in [9.17, 15) is 21.6 Å². The van der Waals surface area contributed by atoms with Gasteiger partial charge in [0.05, 0.1) is 10.6 Å². The molecule has 0 saturated heterocycles. The van der Waals surface area contributed by atoms with Gasteiger partial charge in [-0.05, 0) is 43.9 Å². The first-order valence-electron chi connectivity index (χ1n) is 8.99. The van der Waals surface area contributed by atoms with Gasteiger partial charge in [0.25, 0.3) is 0 Å². The molecule has 1 saturated carbocycles. The Hall–Kier alpha value is -2.36. The minimum absolute atomic E-state index is 0.0166. The van der Waals surface area contributed by atoms with E-state index in [1.807, 2.05) is 0 Å². The molecule has 10 heteroatoms. The number of alkyl halides is 3. The van der Waals surface area contributed by atoms with Gasteiger partial charge in [-0.15, -0.1) is 0 Å². The number of sulfone groups is 1. The predicted octanol–water partition coefficient (Wildman–Crippen LogP) is 4.39. The van der Waals surface area contributed by atoms with E-state index in [2.05, 4.69) is 20.6 Å². The molecule has 1 heterocycles. The monoisotopic (exact) mass is 414 g/mol. The highest BCUT2D eigenvalue weighted by Crippen LogP contribution is 2.35. The summed E-state index contributed by atoms with van der Waals surface area (Å²) in [6.07, 6.45) is -0.804. The molecule has 6 nitrogen and oxygen atoms in total. The lowest BCUT2D eigenvalue weighted by Gasteiger charge is -2.28. The Morgan fingerprint density at radius 3 is 2.61 bits per heavy atom. The van der Waals surface area contributed by atoms with Crippen molar-refractivity contribution in [1.82, 2.24) is 9.97 Å². The van der Waals surface area contributed by atoms with Gasteiger partial charge in [0.2, 0.25) is 5.95 Å². The second kappa shape index (κ2) is 7.94. The Morgan fingerprint density at radius 1 is 1.25 bits per heavy atom. The minimum atomic E-state index is -4.57. The summed E-state index contributed by atoms with van der Waals surface area (Å²) in [5.74, 6) is -0.299. The first-order chi connectivity index (χ1) is 13.2. The molecule has 1 fully saturated rings. The molecular weight excluding hydrogens is 393 g/mol. The summed E-state index contributed by atoms with van der Waals surface area (Å²) in [5, 5.41) is 5.62. The molecule has 28 heavy (non-hydrogen) atoms. The van der Waals surface area contributed by atoms with Crippen molar-refractivity contribution in [2.75, 3.05) is 16.4 Å². The van der Waals surface area contributed by atoms with E-state index < -0.39 is 21.6 Å². The topological polar surface area (TPSA) is 84.0 Å². The van der Waals surface area contributed by atoms with Crippen molar-refractivity contribution in [3.63, 3.8) is 0 Å². The first-order valence-corrected chi connectivity index (χ1v) is 10.6. The number of benzene rings is 1. The van der Waals surface area contributed by atoms with Crippen LogP contribution in [0, 0.1) is 0 Å². The maximum Gasteiger partial charge on any atom is 0.421 e. The molecule has 1 aliphatic rings. The first kappa shape index (κ1) is 20.4. The number of halogens is 3. The summed E-state index contributed by atoms with van der Waals surface area (Å²) in [6.45, 7) is 1.77. The lowest BCUT2D eigenvalue weighted by molar-refractivity contribution is -0.137. The Bertz CT molecular complexity index is 944. The van der Waals surface area contributed by atoms with Crippen LogP contribution >= 0.6 is 0 Å². The SMILES string of the molecule is CCCS(=O)(=O)c1cccc(Nc2ncc(C(F)(F)F)c(NC3CCC3)n2)c1. The quantitative estimate of drug-likeness (QED) is 0.699. The molecule has 1 aromatic heterocycles. The standard InChI is InChI=1S/C18H21F3N4O2S/c1-2-9-28(26,27)14-8-4-7-13(10-14)24-17-22-11-15(18(19,20)21)16(25-17)23-12-5-3-6-12/h4,7-8,10-12H,2-3,5-6,9H2,1H3,(H2,22,23,24,25). The molecule has 0 bridgehead atoms. The van der Waals surface area contributed by atoms with Crippen molar-refractivity contribution in [3.05, 3.63) is 36.0 Å². The molecule has 152 valence electrons. The summed E-state index contributed by atoms with van der Waals surface area (Å²) in [5.41, 5.74) is -0.546. The van der Waals surface area contributed by atoms with Gasteiger partial charge < -0.3 is 10.6 Å². The van der Waals surface area contributed by atoms with E-state index in [4.69, 9.17) is 0 Å². The smallest absolute Gasteiger partial charge is 0.367 e. The molecule has 1 aromatic carbocycles. The molecule has 0 amide bonds. The molecule has 0 unspecified atom stereocenters. The molecule has 0 atom stereocenters. The summed E-state index contributed by atoms with van der Waals surface area (Å²) in [4.78, 5) is 7.87. The third-order valence-electron chi connectivity index (χ3n) is 4.46. The van der Waals surface area contributed by atoms with E-state index in [1.165, 1.54) is 12.1 Å². The number of nitrogens with one attached hydrogen (secondary N) is 2. The fourth-order valence-corrected chi connectivity index (χ4v) is 4.15. The largest absolute Gasteiger partial charge is 0.421 e. The van der Waals surface area contributed by atoms with E-state index in [0.717, 1.165) is 25.5 Å². The lowest BCUT2D eigenvalue weighted by Crippen LogP contribution is -2.29. The third kappa shape index (κ3) is 4.73. The third-order valence-corrected chi connectivity index (χ3v) is 6.38. The van der Waals surface area contributed by atoms with Crippen molar-refractivity contribution in [3.8, 4) is 0 Å².